The van der Waals surface area contributed by atoms with Gasteiger partial charge in [-0.25, -0.2) is 0 Å². The van der Waals surface area contributed by atoms with Crippen LogP contribution in [0.4, 0.5) is 0 Å². The van der Waals surface area contributed by atoms with E-state index < -0.39 is 6.04 Å². The number of piperazine rings is 2. The highest BCUT2D eigenvalue weighted by Gasteiger charge is 2.37. The van der Waals surface area contributed by atoms with Gasteiger partial charge < -0.3 is 19.4 Å². The lowest BCUT2D eigenvalue weighted by atomic mass is 10.1. The van der Waals surface area contributed by atoms with Gasteiger partial charge in [-0.05, 0) is 19.5 Å². The zero-order valence-corrected chi connectivity index (χ0v) is 17.3. The summed E-state index contributed by atoms with van der Waals surface area (Å²) in [6.45, 7) is 8.10. The van der Waals surface area contributed by atoms with Crippen LogP contribution < -0.4 is 0 Å². The second kappa shape index (κ2) is 9.49. The number of benzene rings is 1. The lowest BCUT2D eigenvalue weighted by Crippen LogP contribution is -2.62. The summed E-state index contributed by atoms with van der Waals surface area (Å²) in [6, 6.07) is 8.16. The van der Waals surface area contributed by atoms with Gasteiger partial charge in [0, 0.05) is 59.5 Å². The molecular weight excluding hydrogens is 356 g/mol. The summed E-state index contributed by atoms with van der Waals surface area (Å²) in [4.78, 5) is 33.7. The number of carbonyl (C=O) groups is 2. The van der Waals surface area contributed by atoms with Gasteiger partial charge in [0.05, 0.1) is 0 Å². The monoisotopic (exact) mass is 388 g/mol. The summed E-state index contributed by atoms with van der Waals surface area (Å²) in [7, 11) is 3.51. The van der Waals surface area contributed by atoms with Crippen LogP contribution in [0.3, 0.4) is 0 Å². The molecule has 1 atom stereocenters. The number of aryl methyl sites for hydroxylation is 1. The van der Waals surface area contributed by atoms with Crippen molar-refractivity contribution in [3.8, 4) is 0 Å². The van der Waals surface area contributed by atoms with E-state index in [2.05, 4.69) is 41.0 Å². The third-order valence-electron chi connectivity index (χ3n) is 5.63. The van der Waals surface area contributed by atoms with Gasteiger partial charge in [0.15, 0.2) is 0 Å². The Bertz CT molecular complexity index is 688. The Kier molecular flexibility index (Phi) is 7.04. The van der Waals surface area contributed by atoms with E-state index in [9.17, 15) is 9.59 Å². The fraction of sp³-hybridized carbons (Fsp3) is 0.619. The minimum atomic E-state index is -0.412. The molecule has 0 bridgehead atoms. The zero-order chi connectivity index (χ0) is 20.1. The van der Waals surface area contributed by atoms with Gasteiger partial charge in [-0.2, -0.15) is 0 Å². The van der Waals surface area contributed by atoms with Crippen molar-refractivity contribution in [3.05, 3.63) is 35.4 Å². The molecule has 7 nitrogen and oxygen atoms in total. The molecule has 2 amide bonds. The van der Waals surface area contributed by atoms with E-state index in [-0.39, 0.29) is 18.4 Å². The fourth-order valence-electron chi connectivity index (χ4n) is 4.04. The van der Waals surface area contributed by atoms with E-state index >= 15 is 0 Å². The normalized spacial score (nSPS) is 21.8. The van der Waals surface area contributed by atoms with Crippen molar-refractivity contribution in [1.29, 1.82) is 0 Å². The minimum absolute atomic E-state index is 0.0256. The molecule has 0 unspecified atom stereocenters. The van der Waals surface area contributed by atoms with E-state index in [1.54, 1.807) is 4.90 Å². The first-order valence-corrected chi connectivity index (χ1v) is 10.0. The van der Waals surface area contributed by atoms with Crippen molar-refractivity contribution in [2.45, 2.75) is 19.5 Å². The van der Waals surface area contributed by atoms with Crippen LogP contribution in [0.5, 0.6) is 0 Å². The van der Waals surface area contributed by atoms with Crippen LogP contribution in [0.2, 0.25) is 0 Å². The van der Waals surface area contributed by atoms with Gasteiger partial charge in [0.1, 0.15) is 12.6 Å². The van der Waals surface area contributed by atoms with Crippen LogP contribution >= 0.6 is 0 Å². The number of methoxy groups -OCH3 is 1. The third kappa shape index (κ3) is 5.10. The first kappa shape index (κ1) is 20.8. The number of ether oxygens (including phenoxy) is 1. The average Bonchev–Trinajstić information content (AvgIpc) is 2.68. The molecule has 2 aliphatic rings. The average molecular weight is 389 g/mol. The lowest BCUT2D eigenvalue weighted by molar-refractivity contribution is -0.152. The van der Waals surface area contributed by atoms with E-state index in [1.165, 1.54) is 18.2 Å². The highest BCUT2D eigenvalue weighted by atomic mass is 16.5. The van der Waals surface area contributed by atoms with E-state index in [1.807, 2.05) is 11.9 Å². The Morgan fingerprint density at radius 1 is 1.11 bits per heavy atom. The lowest BCUT2D eigenvalue weighted by Gasteiger charge is -2.43. The van der Waals surface area contributed by atoms with Crippen molar-refractivity contribution in [2.75, 3.05) is 66.6 Å². The van der Waals surface area contributed by atoms with Crippen LogP contribution in [0.15, 0.2) is 24.3 Å². The van der Waals surface area contributed by atoms with Crippen LogP contribution in [0.25, 0.3) is 0 Å². The number of rotatable bonds is 5. The molecule has 1 aromatic carbocycles. The molecule has 154 valence electrons. The Balaban J connectivity index is 1.57. The number of carbonyl (C=O) groups excluding carboxylic acids is 2. The van der Waals surface area contributed by atoms with Crippen LogP contribution in [0.1, 0.15) is 11.1 Å². The van der Waals surface area contributed by atoms with E-state index in [0.29, 0.717) is 26.2 Å². The molecule has 2 saturated heterocycles. The number of hydrogen-bond acceptors (Lipinski definition) is 5. The maximum Gasteiger partial charge on any atom is 0.249 e. The number of amides is 2. The molecule has 2 fully saturated rings. The molecule has 1 aromatic rings. The van der Waals surface area contributed by atoms with Gasteiger partial charge in [0.2, 0.25) is 11.8 Å². The SMILES string of the molecule is COCC(=O)N1CCN(C)C[C@@H]1C(=O)N1CCN(Cc2cccc(C)c2)CC1. The minimum Gasteiger partial charge on any atom is -0.375 e. The Morgan fingerprint density at radius 3 is 2.54 bits per heavy atom. The maximum absolute atomic E-state index is 13.2. The number of nitrogens with zero attached hydrogens (tertiary/aromatic N) is 4. The van der Waals surface area contributed by atoms with Crippen molar-refractivity contribution in [2.24, 2.45) is 0 Å². The fourth-order valence-corrected chi connectivity index (χ4v) is 4.04. The van der Waals surface area contributed by atoms with Crippen molar-refractivity contribution in [3.63, 3.8) is 0 Å². The van der Waals surface area contributed by atoms with Gasteiger partial charge in [-0.1, -0.05) is 29.8 Å². The highest BCUT2D eigenvalue weighted by Crippen LogP contribution is 2.15. The summed E-state index contributed by atoms with van der Waals surface area (Å²) < 4.78 is 5.00. The van der Waals surface area contributed by atoms with Crippen LogP contribution in [-0.4, -0.2) is 104 Å². The molecule has 7 heteroatoms. The number of hydrogen-bond donors (Lipinski definition) is 0. The van der Waals surface area contributed by atoms with E-state index in [4.69, 9.17) is 4.74 Å². The summed E-state index contributed by atoms with van der Waals surface area (Å²) >= 11 is 0. The summed E-state index contributed by atoms with van der Waals surface area (Å²) in [5, 5.41) is 0. The molecule has 0 aliphatic carbocycles. The van der Waals surface area contributed by atoms with Gasteiger partial charge >= 0.3 is 0 Å². The third-order valence-corrected chi connectivity index (χ3v) is 5.63. The molecule has 28 heavy (non-hydrogen) atoms. The van der Waals surface area contributed by atoms with Crippen molar-refractivity contribution in [1.82, 2.24) is 19.6 Å². The predicted octanol–water partition coefficient (Wildman–Crippen LogP) is 0.428. The molecule has 3 rings (SSSR count). The molecular formula is C21H32N4O3. The largest absolute Gasteiger partial charge is 0.375 e. The standard InChI is InChI=1S/C21H32N4O3/c1-17-5-4-6-18(13-17)14-23-8-10-24(11-9-23)21(27)19-15-22(2)7-12-25(19)20(26)16-28-3/h4-6,13,19H,7-12,14-16H2,1-3H3/t19-/m1/s1. The van der Waals surface area contributed by atoms with Crippen molar-refractivity contribution >= 4 is 11.8 Å². The zero-order valence-electron chi connectivity index (χ0n) is 17.3. The Morgan fingerprint density at radius 2 is 1.86 bits per heavy atom. The molecule has 0 spiro atoms. The molecule has 0 saturated carbocycles. The first-order chi connectivity index (χ1) is 13.5. The van der Waals surface area contributed by atoms with Gasteiger partial charge in [0.25, 0.3) is 0 Å². The smallest absolute Gasteiger partial charge is 0.249 e. The molecule has 0 radical (unpaired) electrons. The maximum atomic E-state index is 13.2. The predicted molar refractivity (Wildman–Crippen MR) is 108 cm³/mol. The Hall–Kier alpha value is -1.96. The van der Waals surface area contributed by atoms with Gasteiger partial charge in [-0.3, -0.25) is 14.5 Å². The topological polar surface area (TPSA) is 56.3 Å². The van der Waals surface area contributed by atoms with Gasteiger partial charge in [-0.15, -0.1) is 0 Å². The molecule has 0 N–H and O–H groups in total. The molecule has 2 aliphatic heterocycles. The summed E-state index contributed by atoms with van der Waals surface area (Å²) in [5.41, 5.74) is 2.58. The first-order valence-electron chi connectivity index (χ1n) is 10.0. The molecule has 2 heterocycles. The van der Waals surface area contributed by atoms with E-state index in [0.717, 1.165) is 26.2 Å². The Labute approximate surface area is 167 Å². The number of likely N-dealkylation sites (N-methyl/N-ethyl adjacent to an activating group) is 1. The quantitative estimate of drug-likeness (QED) is 0.732. The highest BCUT2D eigenvalue weighted by molar-refractivity contribution is 5.88. The summed E-state index contributed by atoms with van der Waals surface area (Å²) in [5.74, 6) is -0.0433. The second-order valence-electron chi connectivity index (χ2n) is 7.89. The van der Waals surface area contributed by atoms with Crippen LogP contribution in [0, 0.1) is 6.92 Å². The summed E-state index contributed by atoms with van der Waals surface area (Å²) in [6.07, 6.45) is 0. The van der Waals surface area contributed by atoms with Crippen LogP contribution in [-0.2, 0) is 20.9 Å². The second-order valence-corrected chi connectivity index (χ2v) is 7.89. The van der Waals surface area contributed by atoms with Crippen molar-refractivity contribution < 1.29 is 14.3 Å². The molecule has 0 aromatic heterocycles.